The molecule has 1 amide bonds. The van der Waals surface area contributed by atoms with Gasteiger partial charge in [0.05, 0.1) is 11.3 Å². The number of hydrogen-bond acceptors (Lipinski definition) is 4. The number of pyridine rings is 1. The van der Waals surface area contributed by atoms with Crippen LogP contribution in [0.4, 0.5) is 6.01 Å². The predicted octanol–water partition coefficient (Wildman–Crippen LogP) is 2.39. The van der Waals surface area contributed by atoms with Gasteiger partial charge in [0.2, 0.25) is 0 Å². The third-order valence-electron chi connectivity index (χ3n) is 1.84. The van der Waals surface area contributed by atoms with Crippen LogP contribution < -0.4 is 5.32 Å². The molecule has 5 nitrogen and oxygen atoms in total. The summed E-state index contributed by atoms with van der Waals surface area (Å²) in [4.78, 5) is 19.7. The lowest BCUT2D eigenvalue weighted by Crippen LogP contribution is -2.13. The molecule has 0 aliphatic carbocycles. The molecule has 0 bridgehead atoms. The number of amides is 1. The summed E-state index contributed by atoms with van der Waals surface area (Å²) < 4.78 is 5.50. The van der Waals surface area contributed by atoms with Gasteiger partial charge in [0.1, 0.15) is 10.9 Å². The fraction of sp³-hybridized carbons (Fsp3) is 0.100. The highest BCUT2D eigenvalue weighted by Crippen LogP contribution is 2.15. The first kappa shape index (κ1) is 10.8. The molecule has 1 N–H and O–H groups in total. The van der Waals surface area contributed by atoms with E-state index >= 15 is 0 Å². The van der Waals surface area contributed by atoms with Crippen LogP contribution in [0.2, 0.25) is 0 Å². The van der Waals surface area contributed by atoms with Crippen molar-refractivity contribution in [1.29, 1.82) is 0 Å². The Kier molecular flexibility index (Phi) is 3.00. The van der Waals surface area contributed by atoms with Crippen molar-refractivity contribution in [3.8, 4) is 0 Å². The van der Waals surface area contributed by atoms with E-state index in [2.05, 4.69) is 31.2 Å². The van der Waals surface area contributed by atoms with Crippen molar-refractivity contribution < 1.29 is 9.21 Å². The molecule has 0 aliphatic heterocycles. The summed E-state index contributed by atoms with van der Waals surface area (Å²) in [5.74, 6) is -0.318. The standard InChI is InChI=1S/C10H8BrN3O2/c1-6-5-16-10(13-6)14-9(15)7-3-2-4-12-8(7)11/h2-5H,1H3,(H,13,14,15). The SMILES string of the molecule is Cc1coc(NC(=O)c2cccnc2Br)n1. The van der Waals surface area contributed by atoms with Crippen molar-refractivity contribution in [2.24, 2.45) is 0 Å². The smallest absolute Gasteiger partial charge is 0.301 e. The van der Waals surface area contributed by atoms with Crippen molar-refractivity contribution in [3.05, 3.63) is 40.5 Å². The van der Waals surface area contributed by atoms with E-state index in [-0.39, 0.29) is 11.9 Å². The molecule has 0 aliphatic rings. The number of carbonyl (C=O) groups is 1. The number of oxazole rings is 1. The minimum Gasteiger partial charge on any atom is -0.432 e. The molecule has 2 aromatic rings. The van der Waals surface area contributed by atoms with E-state index in [1.807, 2.05) is 0 Å². The van der Waals surface area contributed by atoms with Crippen molar-refractivity contribution in [3.63, 3.8) is 0 Å². The van der Waals surface area contributed by atoms with Crippen LogP contribution in [0, 0.1) is 6.92 Å². The Morgan fingerprint density at radius 3 is 3.00 bits per heavy atom. The van der Waals surface area contributed by atoms with Crippen LogP contribution >= 0.6 is 15.9 Å². The molecule has 6 heteroatoms. The average molecular weight is 282 g/mol. The molecule has 0 saturated carbocycles. The van der Waals surface area contributed by atoms with E-state index in [4.69, 9.17) is 4.42 Å². The monoisotopic (exact) mass is 281 g/mol. The Morgan fingerprint density at radius 1 is 1.56 bits per heavy atom. The fourth-order valence-electron chi connectivity index (χ4n) is 1.13. The molecule has 16 heavy (non-hydrogen) atoms. The largest absolute Gasteiger partial charge is 0.432 e. The Labute approximate surface area is 100 Å². The summed E-state index contributed by atoms with van der Waals surface area (Å²) >= 11 is 3.19. The van der Waals surface area contributed by atoms with Crippen molar-refractivity contribution in [2.45, 2.75) is 6.92 Å². The van der Waals surface area contributed by atoms with Gasteiger partial charge >= 0.3 is 6.01 Å². The number of rotatable bonds is 2. The lowest BCUT2D eigenvalue weighted by atomic mass is 10.3. The van der Waals surface area contributed by atoms with E-state index in [0.717, 1.165) is 0 Å². The summed E-state index contributed by atoms with van der Waals surface area (Å²) in [6.45, 7) is 1.78. The molecular weight excluding hydrogens is 274 g/mol. The lowest BCUT2D eigenvalue weighted by Gasteiger charge is -2.01. The Morgan fingerprint density at radius 2 is 2.38 bits per heavy atom. The van der Waals surface area contributed by atoms with Crippen molar-refractivity contribution in [2.75, 3.05) is 5.32 Å². The molecule has 2 aromatic heterocycles. The molecule has 0 atom stereocenters. The van der Waals surface area contributed by atoms with Gasteiger partial charge in [0, 0.05) is 6.20 Å². The maximum atomic E-state index is 11.8. The molecule has 0 spiro atoms. The van der Waals surface area contributed by atoms with Gasteiger partial charge in [0.15, 0.2) is 0 Å². The predicted molar refractivity (Wildman–Crippen MR) is 61.1 cm³/mol. The van der Waals surface area contributed by atoms with Crippen LogP contribution in [0.1, 0.15) is 16.1 Å². The number of halogens is 1. The summed E-state index contributed by atoms with van der Waals surface area (Å²) in [6.07, 6.45) is 3.06. The van der Waals surface area contributed by atoms with Crippen LogP contribution in [0.25, 0.3) is 0 Å². The van der Waals surface area contributed by atoms with E-state index in [1.165, 1.54) is 6.26 Å². The Balaban J connectivity index is 2.18. The van der Waals surface area contributed by atoms with Crippen molar-refractivity contribution in [1.82, 2.24) is 9.97 Å². The van der Waals surface area contributed by atoms with E-state index < -0.39 is 0 Å². The minimum absolute atomic E-state index is 0.179. The maximum absolute atomic E-state index is 11.8. The molecule has 0 saturated heterocycles. The van der Waals surface area contributed by atoms with Crippen LogP contribution in [-0.2, 0) is 0 Å². The van der Waals surface area contributed by atoms with E-state index in [9.17, 15) is 4.79 Å². The summed E-state index contributed by atoms with van der Waals surface area (Å²) in [5, 5.41) is 2.53. The quantitative estimate of drug-likeness (QED) is 0.859. The van der Waals surface area contributed by atoms with Crippen LogP contribution in [0.5, 0.6) is 0 Å². The van der Waals surface area contributed by atoms with Gasteiger partial charge in [-0.2, -0.15) is 4.98 Å². The molecular formula is C10H8BrN3O2. The highest BCUT2D eigenvalue weighted by Gasteiger charge is 2.12. The van der Waals surface area contributed by atoms with Gasteiger partial charge < -0.3 is 4.42 Å². The molecule has 0 fully saturated rings. The zero-order valence-corrected chi connectivity index (χ0v) is 9.98. The zero-order chi connectivity index (χ0) is 11.5. The minimum atomic E-state index is -0.318. The van der Waals surface area contributed by atoms with Gasteiger partial charge in [-0.3, -0.25) is 10.1 Å². The Bertz CT molecular complexity index is 524. The first-order chi connectivity index (χ1) is 7.66. The molecule has 2 heterocycles. The summed E-state index contributed by atoms with van der Waals surface area (Å²) in [7, 11) is 0. The average Bonchev–Trinajstić information content (AvgIpc) is 2.64. The Hall–Kier alpha value is -1.69. The van der Waals surface area contributed by atoms with Crippen molar-refractivity contribution >= 4 is 27.9 Å². The van der Waals surface area contributed by atoms with Crippen LogP contribution in [-0.4, -0.2) is 15.9 Å². The zero-order valence-electron chi connectivity index (χ0n) is 8.40. The molecule has 2 rings (SSSR count). The number of aromatic nitrogens is 2. The highest BCUT2D eigenvalue weighted by molar-refractivity contribution is 9.10. The van der Waals surface area contributed by atoms with E-state index in [0.29, 0.717) is 15.9 Å². The van der Waals surface area contributed by atoms with Crippen LogP contribution in [0.3, 0.4) is 0 Å². The van der Waals surface area contributed by atoms with Gasteiger partial charge in [-0.15, -0.1) is 0 Å². The van der Waals surface area contributed by atoms with Gasteiger partial charge in [-0.05, 0) is 35.0 Å². The number of hydrogen-bond donors (Lipinski definition) is 1. The topological polar surface area (TPSA) is 68.0 Å². The molecule has 0 unspecified atom stereocenters. The molecule has 0 radical (unpaired) electrons. The number of nitrogens with zero attached hydrogens (tertiary/aromatic N) is 2. The summed E-state index contributed by atoms with van der Waals surface area (Å²) in [5.41, 5.74) is 1.14. The van der Waals surface area contributed by atoms with Gasteiger partial charge in [-0.1, -0.05) is 0 Å². The van der Waals surface area contributed by atoms with Gasteiger partial charge in [0.25, 0.3) is 5.91 Å². The fourth-order valence-corrected chi connectivity index (χ4v) is 1.56. The first-order valence-electron chi connectivity index (χ1n) is 4.51. The number of carbonyl (C=O) groups excluding carboxylic acids is 1. The first-order valence-corrected chi connectivity index (χ1v) is 5.30. The lowest BCUT2D eigenvalue weighted by molar-refractivity contribution is 0.102. The molecule has 0 aromatic carbocycles. The third kappa shape index (κ3) is 2.27. The normalized spacial score (nSPS) is 10.1. The highest BCUT2D eigenvalue weighted by atomic mass is 79.9. The second-order valence-corrected chi connectivity index (χ2v) is 3.84. The molecule has 82 valence electrons. The third-order valence-corrected chi connectivity index (χ3v) is 2.48. The van der Waals surface area contributed by atoms with Gasteiger partial charge in [-0.25, -0.2) is 4.98 Å². The maximum Gasteiger partial charge on any atom is 0.301 e. The number of anilines is 1. The van der Waals surface area contributed by atoms with E-state index in [1.54, 1.807) is 25.3 Å². The number of aryl methyl sites for hydroxylation is 1. The second kappa shape index (κ2) is 4.44. The summed E-state index contributed by atoms with van der Waals surface area (Å²) in [6, 6.07) is 3.51. The number of nitrogens with one attached hydrogen (secondary N) is 1. The second-order valence-electron chi connectivity index (χ2n) is 3.09. The van der Waals surface area contributed by atoms with Crippen LogP contribution in [0.15, 0.2) is 33.6 Å².